The number of nitrogens with one attached hydrogen (secondary N) is 2. The number of aromatic nitrogens is 4. The number of fused-ring (bicyclic) bond motifs is 3. The average molecular weight is 986 g/mol. The fourth-order valence-electron chi connectivity index (χ4n) is 11.5. The number of aryl methyl sites for hydroxylation is 2. The molecule has 4 aliphatic rings. The number of ether oxygens (including phenoxy) is 1. The van der Waals surface area contributed by atoms with Gasteiger partial charge >= 0.3 is 5.97 Å². The summed E-state index contributed by atoms with van der Waals surface area (Å²) in [6.45, 7) is 7.99. The van der Waals surface area contributed by atoms with Crippen LogP contribution in [0.4, 0.5) is 16.6 Å². The number of carbonyl (C=O) groups is 4. The highest BCUT2D eigenvalue weighted by Gasteiger charge is 2.33. The van der Waals surface area contributed by atoms with Crippen molar-refractivity contribution in [3.8, 4) is 16.9 Å². The van der Waals surface area contributed by atoms with E-state index in [1.54, 1.807) is 0 Å². The Bertz CT molecular complexity index is 3190. The number of hydrogen-bond donors (Lipinski definition) is 3. The lowest BCUT2D eigenvalue weighted by atomic mass is 9.84. The van der Waals surface area contributed by atoms with Gasteiger partial charge in [0, 0.05) is 69.3 Å². The van der Waals surface area contributed by atoms with Gasteiger partial charge in [0.25, 0.3) is 5.91 Å². The van der Waals surface area contributed by atoms with E-state index in [4.69, 9.17) is 14.8 Å². The van der Waals surface area contributed by atoms with Crippen LogP contribution in [0.3, 0.4) is 0 Å². The lowest BCUT2D eigenvalue weighted by Gasteiger charge is -2.37. The molecule has 0 radical (unpaired) electrons. The van der Waals surface area contributed by atoms with Crippen LogP contribution in [0.5, 0.6) is 5.75 Å². The monoisotopic (exact) mass is 985 g/mol. The van der Waals surface area contributed by atoms with Crippen molar-refractivity contribution >= 4 is 72.8 Å². The molecule has 0 spiro atoms. The number of carbonyl (C=O) groups excluding carboxylic acids is 3. The molecule has 72 heavy (non-hydrogen) atoms. The molecule has 3 fully saturated rings. The molecular weight excluding hydrogens is 927 g/mol. The van der Waals surface area contributed by atoms with Gasteiger partial charge in [-0.1, -0.05) is 53.8 Å². The zero-order valence-corrected chi connectivity index (χ0v) is 41.5. The highest BCUT2D eigenvalue weighted by molar-refractivity contribution is 7.22. The van der Waals surface area contributed by atoms with Crippen LogP contribution in [0.15, 0.2) is 91.0 Å². The number of piperidine rings is 1. The van der Waals surface area contributed by atoms with Gasteiger partial charge < -0.3 is 19.6 Å². The number of aromatic carboxylic acids is 1. The number of carboxylic acids is 1. The highest BCUT2D eigenvalue weighted by Crippen LogP contribution is 2.38. The van der Waals surface area contributed by atoms with Gasteiger partial charge in [-0.3, -0.25) is 34.6 Å². The number of pyridine rings is 1. The van der Waals surface area contributed by atoms with E-state index in [1.807, 2.05) is 102 Å². The number of carboxylic acid groups (broad SMARTS) is 1. The number of amides is 3. The van der Waals surface area contributed by atoms with E-state index >= 15 is 0 Å². The quantitative estimate of drug-likeness (QED) is 0.0937. The summed E-state index contributed by atoms with van der Waals surface area (Å²) in [5, 5.41) is 22.3. The fourth-order valence-corrected chi connectivity index (χ4v) is 12.3. The summed E-state index contributed by atoms with van der Waals surface area (Å²) in [5.41, 5.74) is 8.58. The van der Waals surface area contributed by atoms with Crippen LogP contribution < -0.4 is 25.2 Å². The highest BCUT2D eigenvalue weighted by atomic mass is 32.1. The maximum absolute atomic E-state index is 13.6. The van der Waals surface area contributed by atoms with Crippen molar-refractivity contribution < 1.29 is 29.0 Å². The van der Waals surface area contributed by atoms with Gasteiger partial charge in [-0.2, -0.15) is 5.10 Å². The van der Waals surface area contributed by atoms with Crippen molar-refractivity contribution in [2.75, 3.05) is 54.4 Å². The SMILES string of the molecule is Cc1cc(OC2CCC(CCCN3CCN(c4cccc5c(C6CCC(=O)NC6=O)nn(C)c45)CC3)CC2)ccc1-c1ccc(N2CCc3cccc(C(=O)Nc4nc5ccccc5s4)c3C2)nc1C(=O)O. The van der Waals surface area contributed by atoms with Crippen molar-refractivity contribution in [2.24, 2.45) is 13.0 Å². The Morgan fingerprint density at radius 3 is 2.44 bits per heavy atom. The molecule has 3 N–H and O–H groups in total. The molecule has 0 bridgehead atoms. The molecule has 1 aliphatic carbocycles. The molecule has 6 heterocycles. The second-order valence-electron chi connectivity index (χ2n) is 19.8. The molecule has 7 aromatic rings. The number of piperazine rings is 1. The van der Waals surface area contributed by atoms with Crippen molar-refractivity contribution in [1.29, 1.82) is 0 Å². The number of anilines is 3. The fraction of sp³-hybridized carbons (Fsp3) is 0.375. The summed E-state index contributed by atoms with van der Waals surface area (Å²) in [6, 6.07) is 29.5. The van der Waals surface area contributed by atoms with E-state index < -0.39 is 11.9 Å². The van der Waals surface area contributed by atoms with E-state index in [1.165, 1.54) is 24.2 Å². The van der Waals surface area contributed by atoms with E-state index in [2.05, 4.69) is 37.6 Å². The number of thiazole rings is 1. The first-order chi connectivity index (χ1) is 35.0. The second kappa shape index (κ2) is 20.1. The minimum absolute atomic E-state index is 0.0143. The smallest absolute Gasteiger partial charge is 0.355 e. The van der Waals surface area contributed by atoms with Crippen molar-refractivity contribution in [3.63, 3.8) is 0 Å². The third kappa shape index (κ3) is 9.64. The van der Waals surface area contributed by atoms with E-state index in [9.17, 15) is 24.3 Å². The Labute approximate surface area is 422 Å². The number of nitrogens with zero attached hydrogens (tertiary/aromatic N) is 7. The summed E-state index contributed by atoms with van der Waals surface area (Å²) in [7, 11) is 1.94. The molecule has 15 nitrogen and oxygen atoms in total. The number of hydrogen-bond acceptors (Lipinski definition) is 12. The summed E-state index contributed by atoms with van der Waals surface area (Å²) in [4.78, 5) is 67.3. The van der Waals surface area contributed by atoms with Gasteiger partial charge in [-0.05, 0) is 142 Å². The molecule has 1 unspecified atom stereocenters. The minimum Gasteiger partial charge on any atom is -0.490 e. The molecule has 2 saturated heterocycles. The van der Waals surface area contributed by atoms with Gasteiger partial charge in [0.15, 0.2) is 10.8 Å². The Hall–Kier alpha value is -7.17. The maximum atomic E-state index is 13.6. The van der Waals surface area contributed by atoms with Gasteiger partial charge in [0.2, 0.25) is 11.8 Å². The normalized spacial score (nSPS) is 19.6. The first-order valence-corrected chi connectivity index (χ1v) is 26.2. The number of para-hydroxylation sites is 2. The molecule has 1 saturated carbocycles. The van der Waals surface area contributed by atoms with Crippen LogP contribution in [0.25, 0.3) is 32.2 Å². The molecule has 3 aliphatic heterocycles. The molecule has 370 valence electrons. The van der Waals surface area contributed by atoms with Crippen LogP contribution in [0.1, 0.15) is 101 Å². The molecule has 16 heteroatoms. The van der Waals surface area contributed by atoms with Crippen molar-refractivity contribution in [3.05, 3.63) is 125 Å². The Kier molecular flexibility index (Phi) is 13.2. The number of benzene rings is 4. The predicted octanol–water partition coefficient (Wildman–Crippen LogP) is 9.13. The van der Waals surface area contributed by atoms with Gasteiger partial charge in [0.05, 0.1) is 39.1 Å². The van der Waals surface area contributed by atoms with Crippen molar-refractivity contribution in [1.82, 2.24) is 30.0 Å². The summed E-state index contributed by atoms with van der Waals surface area (Å²) >= 11 is 1.44. The second-order valence-corrected chi connectivity index (χ2v) is 20.9. The summed E-state index contributed by atoms with van der Waals surface area (Å²) in [6.07, 6.45) is 8.36. The van der Waals surface area contributed by atoms with E-state index in [0.29, 0.717) is 60.3 Å². The molecule has 4 aromatic carbocycles. The standard InChI is InChI=1S/C56H59N9O6S/c1-34-32-38(71-37-17-15-35(16-18-37)8-7-26-63-28-30-64(31-29-63)46-13-6-11-42-50(61-62(2)52(42)46)43-22-24-49(66)59-54(43)68)19-20-39(34)40-21-23-48(58-51(40)55(69)70)65-27-25-36-9-5-10-41(44(36)33-65)53(67)60-56-57-45-12-3-4-14-47(45)72-56/h3-6,9-14,19-21,23,32,35,37,43H,7-8,15-18,22,24-31,33H2,1-2H3,(H,69,70)(H,57,60,67)(H,59,66,68). The van der Waals surface area contributed by atoms with Crippen LogP contribution >= 0.6 is 11.3 Å². The third-order valence-electron chi connectivity index (χ3n) is 15.3. The van der Waals surface area contributed by atoms with Gasteiger partial charge in [-0.15, -0.1) is 0 Å². The largest absolute Gasteiger partial charge is 0.490 e. The van der Waals surface area contributed by atoms with Crippen molar-refractivity contribution in [2.45, 2.75) is 83.3 Å². The van der Waals surface area contributed by atoms with Crippen LogP contribution in [-0.4, -0.2) is 98.8 Å². The zero-order valence-electron chi connectivity index (χ0n) is 40.7. The first-order valence-electron chi connectivity index (χ1n) is 25.3. The predicted molar refractivity (Wildman–Crippen MR) is 280 cm³/mol. The number of rotatable bonds is 13. The molecule has 1 atom stereocenters. The minimum atomic E-state index is -1.10. The van der Waals surface area contributed by atoms with Crippen LogP contribution in [0.2, 0.25) is 0 Å². The lowest BCUT2D eigenvalue weighted by Crippen LogP contribution is -2.46. The molecule has 11 rings (SSSR count). The third-order valence-corrected chi connectivity index (χ3v) is 16.2. The summed E-state index contributed by atoms with van der Waals surface area (Å²) < 4.78 is 9.45. The van der Waals surface area contributed by atoms with E-state index in [0.717, 1.165) is 119 Å². The summed E-state index contributed by atoms with van der Waals surface area (Å²) in [5.74, 6) is -0.176. The Balaban J connectivity index is 0.656. The van der Waals surface area contributed by atoms with Crippen LogP contribution in [0, 0.1) is 12.8 Å². The Morgan fingerprint density at radius 1 is 0.847 bits per heavy atom. The maximum Gasteiger partial charge on any atom is 0.355 e. The van der Waals surface area contributed by atoms with Gasteiger partial charge in [-0.25, -0.2) is 14.8 Å². The first kappa shape index (κ1) is 47.2. The lowest BCUT2D eigenvalue weighted by molar-refractivity contribution is -0.134. The van der Waals surface area contributed by atoms with Crippen LogP contribution in [-0.2, 0) is 29.6 Å². The molecular formula is C56H59N9O6S. The number of imide groups is 1. The molecule has 3 aromatic heterocycles. The Morgan fingerprint density at radius 2 is 1.65 bits per heavy atom. The average Bonchev–Trinajstić information content (AvgIpc) is 3.96. The zero-order chi connectivity index (χ0) is 49.5. The van der Waals surface area contributed by atoms with E-state index in [-0.39, 0.29) is 29.5 Å². The molecule has 3 amide bonds. The topological polar surface area (TPSA) is 175 Å². The van der Waals surface area contributed by atoms with Gasteiger partial charge in [0.1, 0.15) is 11.6 Å².